The second-order valence-corrected chi connectivity index (χ2v) is 12.0. The van der Waals surface area contributed by atoms with Crippen LogP contribution in [0, 0.1) is 0 Å². The van der Waals surface area contributed by atoms with Gasteiger partial charge in [-0.2, -0.15) is 0 Å². The van der Waals surface area contributed by atoms with Crippen molar-refractivity contribution >= 4 is 22.8 Å². The number of hydrogen-bond donors (Lipinski definition) is 0. The van der Waals surface area contributed by atoms with Crippen LogP contribution >= 0.6 is 0 Å². The topological polar surface area (TPSA) is 24.7 Å². The number of aryl methyl sites for hydroxylation is 4. The van der Waals surface area contributed by atoms with Crippen LogP contribution in [0.3, 0.4) is 0 Å². The molecule has 0 heterocycles. The molecule has 0 unspecified atom stereocenters. The molecule has 2 nitrogen and oxygen atoms in total. The molecule has 2 aromatic carbocycles. The second-order valence-electron chi connectivity index (χ2n) is 12.0. The second kappa shape index (κ2) is 23.7. The van der Waals surface area contributed by atoms with E-state index in [0.717, 1.165) is 49.9 Å². The predicted octanol–water partition coefficient (Wildman–Crippen LogP) is 12.7. The third-order valence-corrected chi connectivity index (χ3v) is 8.10. The van der Waals surface area contributed by atoms with Gasteiger partial charge in [0.15, 0.2) is 0 Å². The van der Waals surface area contributed by atoms with E-state index in [-0.39, 0.29) is 16.5 Å². The fourth-order valence-corrected chi connectivity index (χ4v) is 5.85. The van der Waals surface area contributed by atoms with Gasteiger partial charge in [-0.3, -0.25) is 9.98 Å². The maximum absolute atomic E-state index is 5.40. The number of rotatable bonds is 22. The number of hydrogen-bond acceptors (Lipinski definition) is 2. The summed E-state index contributed by atoms with van der Waals surface area (Å²) in [6, 6.07) is 13.9. The summed E-state index contributed by atoms with van der Waals surface area (Å²) in [4.78, 5) is 10.8. The van der Waals surface area contributed by atoms with Crippen LogP contribution < -0.4 is 0 Å². The minimum atomic E-state index is 0. The summed E-state index contributed by atoms with van der Waals surface area (Å²) in [5.74, 6) is 0. The van der Waals surface area contributed by atoms with Gasteiger partial charge in [0.25, 0.3) is 0 Å². The van der Waals surface area contributed by atoms with Crippen molar-refractivity contribution in [2.45, 2.75) is 164 Å². The van der Waals surface area contributed by atoms with Crippen LogP contribution in [0.25, 0.3) is 0 Å². The molecule has 2 rings (SSSR count). The third kappa shape index (κ3) is 14.2. The molecule has 0 bridgehead atoms. The van der Waals surface area contributed by atoms with Gasteiger partial charge in [-0.25, -0.2) is 0 Å². The molecule has 0 saturated heterocycles. The minimum Gasteiger partial charge on any atom is -0.252 e. The van der Waals surface area contributed by atoms with Crippen LogP contribution in [0.1, 0.15) is 160 Å². The zero-order chi connectivity index (χ0) is 29.7. The average Bonchev–Trinajstić information content (AvgIpc) is 2.97. The van der Waals surface area contributed by atoms with E-state index >= 15 is 0 Å². The standard InChI is InChI=1S/C39H62N2.Ni/c1-7-13-15-16-17-19-25-39(41-37-29-27-33(21-10-4)35(31-37)23-12-6)38(24-18-14-8-2)40-36-28-26-32(20-9-3)34(30-36)22-11-5;/h26-31H,7-25H2,1-6H3;. The Hall–Kier alpha value is -1.73. The molecule has 0 spiro atoms. The van der Waals surface area contributed by atoms with E-state index in [2.05, 4.69) is 77.9 Å². The van der Waals surface area contributed by atoms with Crippen LogP contribution in [-0.2, 0) is 42.2 Å². The Morgan fingerprint density at radius 3 is 1.21 bits per heavy atom. The molecule has 0 aromatic heterocycles. The maximum Gasteiger partial charge on any atom is 0.0636 e. The molecule has 0 aliphatic rings. The first kappa shape index (κ1) is 38.3. The summed E-state index contributed by atoms with van der Waals surface area (Å²) >= 11 is 0. The number of nitrogens with zero attached hydrogens (tertiary/aromatic N) is 2. The number of aliphatic imine (C=N–C) groups is 2. The third-order valence-electron chi connectivity index (χ3n) is 8.10. The molecule has 238 valence electrons. The van der Waals surface area contributed by atoms with Crippen LogP contribution in [0.2, 0.25) is 0 Å². The van der Waals surface area contributed by atoms with Crippen LogP contribution in [0.4, 0.5) is 11.4 Å². The predicted molar refractivity (Wildman–Crippen MR) is 185 cm³/mol. The molecule has 0 fully saturated rings. The zero-order valence-electron chi connectivity index (χ0n) is 28.1. The summed E-state index contributed by atoms with van der Waals surface area (Å²) in [6.45, 7) is 13.7. The fourth-order valence-electron chi connectivity index (χ4n) is 5.85. The summed E-state index contributed by atoms with van der Waals surface area (Å²) in [6.07, 6.45) is 22.8. The molecule has 42 heavy (non-hydrogen) atoms. The first-order valence-electron chi connectivity index (χ1n) is 17.5. The Morgan fingerprint density at radius 1 is 0.429 bits per heavy atom. The van der Waals surface area contributed by atoms with Gasteiger partial charge in [-0.1, -0.05) is 124 Å². The van der Waals surface area contributed by atoms with Gasteiger partial charge < -0.3 is 0 Å². The van der Waals surface area contributed by atoms with Gasteiger partial charge in [-0.15, -0.1) is 0 Å². The van der Waals surface area contributed by atoms with E-state index in [1.165, 1.54) is 117 Å². The van der Waals surface area contributed by atoms with E-state index in [1.54, 1.807) is 0 Å². The van der Waals surface area contributed by atoms with Crippen LogP contribution in [0.15, 0.2) is 46.4 Å². The molecule has 0 aliphatic heterocycles. The van der Waals surface area contributed by atoms with Crippen molar-refractivity contribution in [1.82, 2.24) is 0 Å². The van der Waals surface area contributed by atoms with Gasteiger partial charge in [0, 0.05) is 16.5 Å². The van der Waals surface area contributed by atoms with Gasteiger partial charge in [0.05, 0.1) is 22.8 Å². The molecule has 0 atom stereocenters. The molecular formula is C39H62N2Ni. The van der Waals surface area contributed by atoms with E-state index in [1.807, 2.05) is 0 Å². The first-order chi connectivity index (χ1) is 20.1. The van der Waals surface area contributed by atoms with Crippen molar-refractivity contribution in [2.75, 3.05) is 0 Å². The Labute approximate surface area is 270 Å². The zero-order valence-corrected chi connectivity index (χ0v) is 29.1. The average molecular weight is 618 g/mol. The van der Waals surface area contributed by atoms with Gasteiger partial charge in [0.1, 0.15) is 0 Å². The van der Waals surface area contributed by atoms with E-state index < -0.39 is 0 Å². The summed E-state index contributed by atoms with van der Waals surface area (Å²) in [5, 5.41) is 0. The van der Waals surface area contributed by atoms with Crippen molar-refractivity contribution < 1.29 is 16.5 Å². The van der Waals surface area contributed by atoms with Crippen molar-refractivity contribution in [3.8, 4) is 0 Å². The number of unbranched alkanes of at least 4 members (excludes halogenated alkanes) is 7. The van der Waals surface area contributed by atoms with Crippen LogP contribution in [-0.4, -0.2) is 11.4 Å². The summed E-state index contributed by atoms with van der Waals surface area (Å²) in [5.41, 5.74) is 10.6. The quantitative estimate of drug-likeness (QED) is 0.0713. The molecule has 3 heteroatoms. The van der Waals surface area contributed by atoms with Crippen molar-refractivity contribution in [3.05, 3.63) is 58.7 Å². The monoisotopic (exact) mass is 616 g/mol. The van der Waals surface area contributed by atoms with Crippen molar-refractivity contribution in [2.24, 2.45) is 9.98 Å². The minimum absolute atomic E-state index is 0. The SMILES string of the molecule is CCCCCCCCC(=Nc1ccc(CCC)c(CCC)c1)C(CCCCC)=Nc1ccc(CCC)c(CCC)c1.[Ni]. The Balaban J connectivity index is 0.00000882. The molecule has 0 saturated carbocycles. The Kier molecular flexibility index (Phi) is 21.6. The van der Waals surface area contributed by atoms with Crippen molar-refractivity contribution in [3.63, 3.8) is 0 Å². The normalized spacial score (nSPS) is 12.0. The van der Waals surface area contributed by atoms with Crippen LogP contribution in [0.5, 0.6) is 0 Å². The van der Waals surface area contributed by atoms with E-state index in [0.29, 0.717) is 0 Å². The molecule has 0 amide bonds. The van der Waals surface area contributed by atoms with Gasteiger partial charge >= 0.3 is 0 Å². The molecular weight excluding hydrogens is 555 g/mol. The Bertz CT molecular complexity index is 1050. The summed E-state index contributed by atoms with van der Waals surface area (Å²) < 4.78 is 0. The molecule has 0 aliphatic carbocycles. The Morgan fingerprint density at radius 2 is 0.786 bits per heavy atom. The smallest absolute Gasteiger partial charge is 0.0636 e. The van der Waals surface area contributed by atoms with E-state index in [9.17, 15) is 0 Å². The fraction of sp³-hybridized carbons (Fsp3) is 0.641. The largest absolute Gasteiger partial charge is 0.252 e. The molecule has 0 N–H and O–H groups in total. The molecule has 0 radical (unpaired) electrons. The van der Waals surface area contributed by atoms with Crippen molar-refractivity contribution in [1.29, 1.82) is 0 Å². The van der Waals surface area contributed by atoms with E-state index in [4.69, 9.17) is 9.98 Å². The maximum atomic E-state index is 5.40. The number of benzene rings is 2. The molecule has 2 aromatic rings. The first-order valence-corrected chi connectivity index (χ1v) is 17.5. The van der Waals surface area contributed by atoms with Gasteiger partial charge in [-0.05, 0) is 97.9 Å². The summed E-state index contributed by atoms with van der Waals surface area (Å²) in [7, 11) is 0. The van der Waals surface area contributed by atoms with Gasteiger partial charge in [0.2, 0.25) is 0 Å².